The van der Waals surface area contributed by atoms with Crippen LogP contribution in [0.3, 0.4) is 0 Å². The highest BCUT2D eigenvalue weighted by molar-refractivity contribution is 7.89. The molecule has 1 aromatic carbocycles. The Labute approximate surface area is 200 Å². The maximum atomic E-state index is 13.8. The molecule has 0 saturated carbocycles. The Morgan fingerprint density at radius 1 is 1.26 bits per heavy atom. The largest absolute Gasteiger partial charge is 0.444 e. The highest BCUT2D eigenvalue weighted by Gasteiger charge is 2.34. The van der Waals surface area contributed by atoms with Gasteiger partial charge >= 0.3 is 6.09 Å². The summed E-state index contributed by atoms with van der Waals surface area (Å²) in [5, 5.41) is 3.77. The number of hydrogen-bond donors (Lipinski definition) is 1. The fraction of sp³-hybridized carbons (Fsp3) is 0.458. The van der Waals surface area contributed by atoms with Crippen molar-refractivity contribution in [3.63, 3.8) is 0 Å². The molecule has 184 valence electrons. The van der Waals surface area contributed by atoms with Crippen LogP contribution in [0.25, 0.3) is 16.8 Å². The number of ether oxygens (including phenoxy) is 1. The van der Waals surface area contributed by atoms with E-state index in [1.807, 2.05) is 6.07 Å². The highest BCUT2D eigenvalue weighted by atomic mass is 32.2. The van der Waals surface area contributed by atoms with Gasteiger partial charge in [0.05, 0.1) is 4.90 Å². The molecule has 10 heteroatoms. The minimum Gasteiger partial charge on any atom is -0.444 e. The summed E-state index contributed by atoms with van der Waals surface area (Å²) >= 11 is 0. The molecule has 0 bridgehead atoms. The van der Waals surface area contributed by atoms with Crippen LogP contribution in [0, 0.1) is 0 Å². The topological polar surface area (TPSA) is 109 Å². The van der Waals surface area contributed by atoms with Crippen molar-refractivity contribution in [2.75, 3.05) is 26.2 Å². The summed E-state index contributed by atoms with van der Waals surface area (Å²) in [5.41, 5.74) is -0.0217. The van der Waals surface area contributed by atoms with Crippen LogP contribution in [-0.2, 0) is 19.6 Å². The first-order chi connectivity index (χ1) is 15.9. The van der Waals surface area contributed by atoms with Gasteiger partial charge < -0.3 is 15.0 Å². The molecule has 9 nitrogen and oxygen atoms in total. The molecule has 0 unspecified atom stereocenters. The van der Waals surface area contributed by atoms with E-state index in [1.165, 1.54) is 4.31 Å². The fourth-order valence-electron chi connectivity index (χ4n) is 4.02. The third kappa shape index (κ3) is 5.74. The van der Waals surface area contributed by atoms with Gasteiger partial charge in [0.25, 0.3) is 0 Å². The Hall–Kier alpha value is -2.98. The van der Waals surface area contributed by atoms with Crippen molar-refractivity contribution < 1.29 is 22.7 Å². The van der Waals surface area contributed by atoms with Gasteiger partial charge in [-0.2, -0.15) is 4.31 Å². The van der Waals surface area contributed by atoms with E-state index < -0.39 is 27.8 Å². The minimum atomic E-state index is -3.86. The Bertz CT molecular complexity index is 1180. The molecule has 34 heavy (non-hydrogen) atoms. The van der Waals surface area contributed by atoms with Crippen molar-refractivity contribution >= 4 is 38.9 Å². The van der Waals surface area contributed by atoms with Crippen molar-refractivity contribution in [1.29, 1.82) is 0 Å². The number of carbonyl (C=O) groups excluding carboxylic acids is 2. The fourth-order valence-corrected chi connectivity index (χ4v) is 5.93. The second kappa shape index (κ2) is 10.1. The van der Waals surface area contributed by atoms with Gasteiger partial charge in [-0.3, -0.25) is 9.78 Å². The number of alkyl carbamates (subject to hydrolysis) is 1. The zero-order valence-electron chi connectivity index (χ0n) is 20.1. The molecule has 1 N–H and O–H groups in total. The Balaban J connectivity index is 1.78. The first-order valence-corrected chi connectivity index (χ1v) is 12.6. The van der Waals surface area contributed by atoms with Crippen LogP contribution >= 0.6 is 0 Å². The predicted octanol–water partition coefficient (Wildman–Crippen LogP) is 3.01. The number of pyridine rings is 1. The summed E-state index contributed by atoms with van der Waals surface area (Å²) in [5.74, 6) is -0.290. The van der Waals surface area contributed by atoms with Gasteiger partial charge in [-0.05, 0) is 40.2 Å². The number of nitrogens with zero attached hydrogens (tertiary/aromatic N) is 3. The van der Waals surface area contributed by atoms with E-state index in [0.717, 1.165) is 0 Å². The molecule has 1 aliphatic heterocycles. The normalized spacial score (nSPS) is 17.8. The molecule has 1 atom stereocenters. The highest BCUT2D eigenvalue weighted by Crippen LogP contribution is 2.30. The monoisotopic (exact) mass is 488 g/mol. The summed E-state index contributed by atoms with van der Waals surface area (Å²) in [6.07, 6.45) is 4.63. The number of fused-ring (bicyclic) bond motifs is 1. The quantitative estimate of drug-likeness (QED) is 0.693. The summed E-state index contributed by atoms with van der Waals surface area (Å²) < 4.78 is 34.1. The second-order valence-electron chi connectivity index (χ2n) is 9.30. The SMILES string of the molecule is C=Cc1cncc2cccc(S(=O)(=O)N3CCCN(C(=O)CNC(=O)OC(C)(C)C)C[C@@H]3C)c12. The first-order valence-electron chi connectivity index (χ1n) is 11.2. The van der Waals surface area contributed by atoms with Crippen molar-refractivity contribution in [2.24, 2.45) is 0 Å². The lowest BCUT2D eigenvalue weighted by Crippen LogP contribution is -2.46. The van der Waals surface area contributed by atoms with E-state index in [9.17, 15) is 18.0 Å². The Kier molecular flexibility index (Phi) is 7.62. The molecule has 1 aliphatic rings. The van der Waals surface area contributed by atoms with Gasteiger partial charge in [0.1, 0.15) is 12.1 Å². The number of amides is 2. The van der Waals surface area contributed by atoms with Gasteiger partial charge in [-0.25, -0.2) is 13.2 Å². The van der Waals surface area contributed by atoms with Gasteiger partial charge in [0.15, 0.2) is 0 Å². The first kappa shape index (κ1) is 25.6. The molecular weight excluding hydrogens is 456 g/mol. The lowest BCUT2D eigenvalue weighted by Gasteiger charge is -2.29. The minimum absolute atomic E-state index is 0.195. The van der Waals surface area contributed by atoms with E-state index in [0.29, 0.717) is 29.3 Å². The third-order valence-electron chi connectivity index (χ3n) is 5.50. The lowest BCUT2D eigenvalue weighted by molar-refractivity contribution is -0.130. The van der Waals surface area contributed by atoms with Crippen LogP contribution in [0.2, 0.25) is 0 Å². The van der Waals surface area contributed by atoms with Crippen molar-refractivity contribution in [2.45, 2.75) is 50.7 Å². The van der Waals surface area contributed by atoms with Crippen molar-refractivity contribution in [3.8, 4) is 0 Å². The molecule has 2 aromatic rings. The zero-order chi connectivity index (χ0) is 25.1. The van der Waals surface area contributed by atoms with Gasteiger partial charge in [-0.15, -0.1) is 0 Å². The molecule has 3 rings (SSSR count). The lowest BCUT2D eigenvalue weighted by atomic mass is 10.1. The van der Waals surface area contributed by atoms with Crippen molar-refractivity contribution in [3.05, 3.63) is 42.7 Å². The maximum absolute atomic E-state index is 13.8. The number of nitrogens with one attached hydrogen (secondary N) is 1. The summed E-state index contributed by atoms with van der Waals surface area (Å²) in [7, 11) is -3.86. The number of benzene rings is 1. The molecule has 0 radical (unpaired) electrons. The smallest absolute Gasteiger partial charge is 0.408 e. The standard InChI is InChI=1S/C24H32N4O5S/c1-6-18-13-25-14-19-9-7-10-20(22(18)19)34(31,32)28-12-8-11-27(16-17(28)2)21(29)15-26-23(30)33-24(3,4)5/h6-7,9-10,13-14,17H,1,8,11-12,15-16H2,2-5H3,(H,26,30)/t17-/m0/s1. The zero-order valence-corrected chi connectivity index (χ0v) is 20.9. The van der Waals surface area contributed by atoms with Crippen LogP contribution < -0.4 is 5.32 Å². The van der Waals surface area contributed by atoms with Crippen LogP contribution in [0.15, 0.2) is 42.1 Å². The van der Waals surface area contributed by atoms with Crippen molar-refractivity contribution in [1.82, 2.24) is 19.5 Å². The van der Waals surface area contributed by atoms with E-state index >= 15 is 0 Å². The van der Waals surface area contributed by atoms with E-state index in [-0.39, 0.29) is 30.4 Å². The molecule has 0 spiro atoms. The molecule has 1 saturated heterocycles. The summed E-state index contributed by atoms with van der Waals surface area (Å²) in [6.45, 7) is 11.5. The molecule has 2 amide bonds. The number of carbonyl (C=O) groups is 2. The number of aromatic nitrogens is 1. The summed E-state index contributed by atoms with van der Waals surface area (Å²) in [4.78, 5) is 30.5. The number of rotatable bonds is 5. The Morgan fingerprint density at radius 2 is 2.00 bits per heavy atom. The van der Waals surface area contributed by atoms with Gasteiger partial charge in [0.2, 0.25) is 15.9 Å². The van der Waals surface area contributed by atoms with Gasteiger partial charge in [0, 0.05) is 54.4 Å². The molecular formula is C24H32N4O5S. The van der Waals surface area contributed by atoms with Crippen LogP contribution in [-0.4, -0.2) is 72.4 Å². The number of sulfonamides is 1. The third-order valence-corrected chi connectivity index (χ3v) is 7.56. The van der Waals surface area contributed by atoms with Gasteiger partial charge in [-0.1, -0.05) is 24.8 Å². The van der Waals surface area contributed by atoms with Crippen LogP contribution in [0.5, 0.6) is 0 Å². The number of hydrogen-bond acceptors (Lipinski definition) is 6. The van der Waals surface area contributed by atoms with Crippen LogP contribution in [0.4, 0.5) is 4.79 Å². The average molecular weight is 489 g/mol. The maximum Gasteiger partial charge on any atom is 0.408 e. The van der Waals surface area contributed by atoms with E-state index in [4.69, 9.17) is 4.74 Å². The summed E-state index contributed by atoms with van der Waals surface area (Å²) in [6, 6.07) is 4.65. The molecule has 2 heterocycles. The average Bonchev–Trinajstić information content (AvgIpc) is 2.97. The Morgan fingerprint density at radius 3 is 2.68 bits per heavy atom. The molecule has 0 aliphatic carbocycles. The van der Waals surface area contributed by atoms with E-state index in [1.54, 1.807) is 63.2 Å². The van der Waals surface area contributed by atoms with E-state index in [2.05, 4.69) is 16.9 Å². The molecule has 1 aromatic heterocycles. The predicted molar refractivity (Wildman–Crippen MR) is 131 cm³/mol. The van der Waals surface area contributed by atoms with Crippen LogP contribution in [0.1, 0.15) is 39.7 Å². The second-order valence-corrected chi connectivity index (χ2v) is 11.2. The molecule has 1 fully saturated rings.